The van der Waals surface area contributed by atoms with Crippen molar-refractivity contribution in [2.75, 3.05) is 13.7 Å². The van der Waals surface area contributed by atoms with Gasteiger partial charge in [0.2, 0.25) is 0 Å². The highest BCUT2D eigenvalue weighted by molar-refractivity contribution is 6.16. The van der Waals surface area contributed by atoms with Gasteiger partial charge in [-0.2, -0.15) is 0 Å². The molecule has 0 atom stereocenters. The molecule has 2 aromatic rings. The maximum Gasteiger partial charge on any atom is 0.160 e. The molecule has 0 aliphatic heterocycles. The summed E-state index contributed by atoms with van der Waals surface area (Å²) in [7, 11) is 1.72. The lowest BCUT2D eigenvalue weighted by Crippen LogP contribution is -2.04. The second kappa shape index (κ2) is 6.16. The average molecular weight is 268 g/mol. The summed E-state index contributed by atoms with van der Waals surface area (Å²) < 4.78 is 7.16. The molecular formula is C13H18ClN3O. The third-order valence-electron chi connectivity index (χ3n) is 2.90. The van der Waals surface area contributed by atoms with Crippen LogP contribution in [0.3, 0.4) is 0 Å². The molecule has 0 N–H and O–H groups in total. The zero-order valence-electron chi connectivity index (χ0n) is 10.8. The Hall–Kier alpha value is -1.13. The van der Waals surface area contributed by atoms with Crippen LogP contribution in [-0.2, 0) is 17.2 Å². The number of imidazole rings is 1. The Kier molecular flexibility index (Phi) is 4.55. The van der Waals surface area contributed by atoms with Crippen LogP contribution in [0.2, 0.25) is 0 Å². The van der Waals surface area contributed by atoms with E-state index in [2.05, 4.69) is 14.5 Å². The SMILES string of the molecule is COCCCCn1c(CCl)nc2cc(C)cnc21. The zero-order valence-corrected chi connectivity index (χ0v) is 11.6. The molecule has 2 rings (SSSR count). The lowest BCUT2D eigenvalue weighted by atomic mass is 10.3. The Morgan fingerprint density at radius 3 is 2.94 bits per heavy atom. The Morgan fingerprint density at radius 1 is 1.39 bits per heavy atom. The number of methoxy groups -OCH3 is 1. The molecule has 0 spiro atoms. The van der Waals surface area contributed by atoms with Gasteiger partial charge in [0.1, 0.15) is 11.3 Å². The zero-order chi connectivity index (χ0) is 13.0. The minimum Gasteiger partial charge on any atom is -0.385 e. The van der Waals surface area contributed by atoms with Crippen LogP contribution >= 0.6 is 11.6 Å². The number of alkyl halides is 1. The summed E-state index contributed by atoms with van der Waals surface area (Å²) in [5.41, 5.74) is 2.97. The van der Waals surface area contributed by atoms with Crippen LogP contribution in [0.15, 0.2) is 12.3 Å². The fraction of sp³-hybridized carbons (Fsp3) is 0.538. The Morgan fingerprint density at radius 2 is 2.22 bits per heavy atom. The fourth-order valence-corrected chi connectivity index (χ4v) is 2.22. The molecule has 0 unspecified atom stereocenters. The number of hydrogen-bond acceptors (Lipinski definition) is 3. The third kappa shape index (κ3) is 2.82. The number of unbranched alkanes of at least 4 members (excludes halogenated alkanes) is 1. The first-order valence-electron chi connectivity index (χ1n) is 6.13. The molecule has 0 aliphatic rings. The number of nitrogens with zero attached hydrogens (tertiary/aromatic N) is 3. The molecule has 0 fully saturated rings. The van der Waals surface area contributed by atoms with E-state index < -0.39 is 0 Å². The standard InChI is InChI=1S/C13H18ClN3O/c1-10-7-11-13(15-9-10)17(12(8-14)16-11)5-3-4-6-18-2/h7,9H,3-6,8H2,1-2H3. The summed E-state index contributed by atoms with van der Waals surface area (Å²) >= 11 is 5.95. The highest BCUT2D eigenvalue weighted by Gasteiger charge is 2.10. The molecule has 2 heterocycles. The first kappa shape index (κ1) is 13.3. The maximum atomic E-state index is 5.95. The van der Waals surface area contributed by atoms with Crippen LogP contribution in [0.25, 0.3) is 11.2 Å². The maximum absolute atomic E-state index is 5.95. The van der Waals surface area contributed by atoms with Crippen molar-refractivity contribution in [2.24, 2.45) is 0 Å². The van der Waals surface area contributed by atoms with Gasteiger partial charge in [-0.05, 0) is 31.4 Å². The Labute approximate surface area is 112 Å². The molecule has 98 valence electrons. The van der Waals surface area contributed by atoms with Crippen molar-refractivity contribution in [1.29, 1.82) is 0 Å². The molecular weight excluding hydrogens is 250 g/mol. The van der Waals surface area contributed by atoms with E-state index in [1.807, 2.05) is 19.2 Å². The number of halogens is 1. The van der Waals surface area contributed by atoms with Gasteiger partial charge in [-0.3, -0.25) is 0 Å². The predicted molar refractivity (Wildman–Crippen MR) is 72.9 cm³/mol. The van der Waals surface area contributed by atoms with E-state index in [4.69, 9.17) is 16.3 Å². The second-order valence-corrected chi connectivity index (χ2v) is 4.64. The first-order valence-corrected chi connectivity index (χ1v) is 6.66. The van der Waals surface area contributed by atoms with Gasteiger partial charge in [-0.15, -0.1) is 11.6 Å². The van der Waals surface area contributed by atoms with E-state index in [1.165, 1.54) is 0 Å². The van der Waals surface area contributed by atoms with Crippen molar-refractivity contribution < 1.29 is 4.74 Å². The van der Waals surface area contributed by atoms with Gasteiger partial charge in [-0.25, -0.2) is 9.97 Å². The van der Waals surface area contributed by atoms with Crippen LogP contribution in [0.1, 0.15) is 24.2 Å². The molecule has 0 bridgehead atoms. The fourth-order valence-electron chi connectivity index (χ4n) is 2.01. The highest BCUT2D eigenvalue weighted by Crippen LogP contribution is 2.17. The monoisotopic (exact) mass is 267 g/mol. The minimum atomic E-state index is 0.416. The topological polar surface area (TPSA) is 39.9 Å². The number of pyridine rings is 1. The van der Waals surface area contributed by atoms with Crippen molar-refractivity contribution >= 4 is 22.8 Å². The minimum absolute atomic E-state index is 0.416. The molecule has 0 aliphatic carbocycles. The van der Waals surface area contributed by atoms with Crippen molar-refractivity contribution in [3.05, 3.63) is 23.7 Å². The van der Waals surface area contributed by atoms with Gasteiger partial charge < -0.3 is 9.30 Å². The molecule has 0 aromatic carbocycles. The van der Waals surface area contributed by atoms with Crippen LogP contribution in [-0.4, -0.2) is 28.3 Å². The first-order chi connectivity index (χ1) is 8.76. The van der Waals surface area contributed by atoms with E-state index in [0.717, 1.165) is 48.5 Å². The molecule has 0 amide bonds. The molecule has 0 radical (unpaired) electrons. The lowest BCUT2D eigenvalue weighted by molar-refractivity contribution is 0.191. The van der Waals surface area contributed by atoms with Crippen molar-refractivity contribution in [2.45, 2.75) is 32.2 Å². The summed E-state index contributed by atoms with van der Waals surface area (Å²) in [6.07, 6.45) is 3.94. The summed E-state index contributed by atoms with van der Waals surface area (Å²) in [5.74, 6) is 1.31. The summed E-state index contributed by atoms with van der Waals surface area (Å²) in [6, 6.07) is 2.05. The smallest absolute Gasteiger partial charge is 0.160 e. The van der Waals surface area contributed by atoms with Crippen LogP contribution in [0.5, 0.6) is 0 Å². The van der Waals surface area contributed by atoms with Crippen molar-refractivity contribution in [3.8, 4) is 0 Å². The van der Waals surface area contributed by atoms with E-state index in [9.17, 15) is 0 Å². The van der Waals surface area contributed by atoms with Gasteiger partial charge in [0.05, 0.1) is 5.88 Å². The Balaban J connectivity index is 2.23. The molecule has 5 heteroatoms. The number of fused-ring (bicyclic) bond motifs is 1. The molecule has 2 aromatic heterocycles. The summed E-state index contributed by atoms with van der Waals surface area (Å²) in [4.78, 5) is 8.99. The second-order valence-electron chi connectivity index (χ2n) is 4.37. The van der Waals surface area contributed by atoms with Crippen LogP contribution < -0.4 is 0 Å². The van der Waals surface area contributed by atoms with Gasteiger partial charge in [0.15, 0.2) is 5.65 Å². The van der Waals surface area contributed by atoms with E-state index in [0.29, 0.717) is 5.88 Å². The van der Waals surface area contributed by atoms with Crippen LogP contribution in [0.4, 0.5) is 0 Å². The predicted octanol–water partition coefficient (Wildman–Crippen LogP) is 2.91. The average Bonchev–Trinajstić information content (AvgIpc) is 2.71. The Bertz CT molecular complexity index is 524. The molecule has 4 nitrogen and oxygen atoms in total. The van der Waals surface area contributed by atoms with Crippen molar-refractivity contribution in [3.63, 3.8) is 0 Å². The number of hydrogen-bond donors (Lipinski definition) is 0. The largest absolute Gasteiger partial charge is 0.385 e. The van der Waals surface area contributed by atoms with Gasteiger partial charge in [-0.1, -0.05) is 0 Å². The summed E-state index contributed by atoms with van der Waals surface area (Å²) in [5, 5.41) is 0. The highest BCUT2D eigenvalue weighted by atomic mass is 35.5. The molecule has 0 saturated heterocycles. The number of aromatic nitrogens is 3. The quantitative estimate of drug-likeness (QED) is 0.597. The number of ether oxygens (including phenoxy) is 1. The molecule has 0 saturated carbocycles. The van der Waals surface area contributed by atoms with E-state index in [1.54, 1.807) is 7.11 Å². The third-order valence-corrected chi connectivity index (χ3v) is 3.14. The molecule has 18 heavy (non-hydrogen) atoms. The van der Waals surface area contributed by atoms with Gasteiger partial charge in [0, 0.05) is 26.5 Å². The van der Waals surface area contributed by atoms with E-state index in [-0.39, 0.29) is 0 Å². The summed E-state index contributed by atoms with van der Waals surface area (Å²) in [6.45, 7) is 3.69. The lowest BCUT2D eigenvalue weighted by Gasteiger charge is -2.06. The van der Waals surface area contributed by atoms with Crippen molar-refractivity contribution in [1.82, 2.24) is 14.5 Å². The number of rotatable bonds is 6. The number of aryl methyl sites for hydroxylation is 2. The van der Waals surface area contributed by atoms with Gasteiger partial charge in [0.25, 0.3) is 0 Å². The van der Waals surface area contributed by atoms with E-state index >= 15 is 0 Å². The van der Waals surface area contributed by atoms with Gasteiger partial charge >= 0.3 is 0 Å². The van der Waals surface area contributed by atoms with Crippen LogP contribution in [0, 0.1) is 6.92 Å². The normalized spacial score (nSPS) is 11.3.